The van der Waals surface area contributed by atoms with E-state index in [1.165, 1.54) is 0 Å². The van der Waals surface area contributed by atoms with Crippen molar-refractivity contribution in [2.75, 3.05) is 11.5 Å². The largest absolute Gasteiger partial charge is 0.368 e. The molecule has 4 nitrogen and oxygen atoms in total. The molecule has 1 unspecified atom stereocenters. The second kappa shape index (κ2) is 6.30. The lowest BCUT2D eigenvalue weighted by molar-refractivity contribution is 0.232. The van der Waals surface area contributed by atoms with E-state index in [0.29, 0.717) is 0 Å². The van der Waals surface area contributed by atoms with Gasteiger partial charge in [0.1, 0.15) is 0 Å². The summed E-state index contributed by atoms with van der Waals surface area (Å²) < 4.78 is 0. The number of hydroxylamine groups is 1. The fourth-order valence-electron chi connectivity index (χ4n) is 0.592. The number of hydrogen-bond donors (Lipinski definition) is 3. The summed E-state index contributed by atoms with van der Waals surface area (Å²) in [6, 6.07) is 0.152. The first kappa shape index (κ1) is 10.6. The molecule has 11 heavy (non-hydrogen) atoms. The van der Waals surface area contributed by atoms with Crippen LogP contribution in [0.3, 0.4) is 0 Å². The van der Waals surface area contributed by atoms with Gasteiger partial charge in [-0.05, 0) is 12.7 Å². The van der Waals surface area contributed by atoms with Crippen LogP contribution in [0, 0.1) is 0 Å². The number of rotatable bonds is 4. The van der Waals surface area contributed by atoms with Gasteiger partial charge >= 0.3 is 0 Å². The Bertz CT molecular complexity index is 129. The van der Waals surface area contributed by atoms with Crippen molar-refractivity contribution < 1.29 is 5.21 Å². The van der Waals surface area contributed by atoms with Gasteiger partial charge in [0.05, 0.1) is 6.04 Å². The molecule has 0 aromatic heterocycles. The van der Waals surface area contributed by atoms with Gasteiger partial charge < -0.3 is 5.73 Å². The van der Waals surface area contributed by atoms with E-state index in [4.69, 9.17) is 10.9 Å². The highest BCUT2D eigenvalue weighted by Gasteiger charge is 1.98. The molecular weight excluding hydrogens is 162 g/mol. The molecule has 1 atom stereocenters. The second-order valence-electron chi connectivity index (χ2n) is 2.13. The van der Waals surface area contributed by atoms with Crippen molar-refractivity contribution in [3.05, 3.63) is 0 Å². The van der Waals surface area contributed by atoms with Gasteiger partial charge in [0.2, 0.25) is 5.96 Å². The first-order chi connectivity index (χ1) is 5.20. The van der Waals surface area contributed by atoms with Crippen LogP contribution in [0.2, 0.25) is 0 Å². The normalized spacial score (nSPS) is 14.6. The van der Waals surface area contributed by atoms with Crippen molar-refractivity contribution in [3.8, 4) is 0 Å². The van der Waals surface area contributed by atoms with Crippen molar-refractivity contribution in [2.45, 2.75) is 19.9 Å². The van der Waals surface area contributed by atoms with Crippen LogP contribution in [0.5, 0.6) is 0 Å². The number of nitrogens with zero attached hydrogens (tertiary/aromatic N) is 1. The molecule has 0 amide bonds. The summed E-state index contributed by atoms with van der Waals surface area (Å²) in [6.45, 7) is 4.04. The molecule has 0 saturated heterocycles. The standard InChI is InChI=1S/C6H15N3OS/c1-3-11-4-5(2)8-6(7)9-10/h5,10H,3-4H2,1-2H3,(H3,7,8,9). The van der Waals surface area contributed by atoms with Crippen LogP contribution in [0.4, 0.5) is 0 Å². The molecule has 0 aromatic rings. The summed E-state index contributed by atoms with van der Waals surface area (Å²) in [4.78, 5) is 3.95. The molecule has 0 heterocycles. The van der Waals surface area contributed by atoms with E-state index in [1.54, 1.807) is 17.2 Å². The molecule has 0 rings (SSSR count). The zero-order valence-corrected chi connectivity index (χ0v) is 7.69. The number of aliphatic imine (C=N–C) groups is 1. The Morgan fingerprint density at radius 2 is 2.45 bits per heavy atom. The first-order valence-corrected chi connectivity index (χ1v) is 4.67. The third kappa shape index (κ3) is 6.00. The van der Waals surface area contributed by atoms with Gasteiger partial charge in [0.25, 0.3) is 0 Å². The van der Waals surface area contributed by atoms with E-state index in [1.807, 2.05) is 6.92 Å². The highest BCUT2D eigenvalue weighted by molar-refractivity contribution is 7.99. The summed E-state index contributed by atoms with van der Waals surface area (Å²) in [7, 11) is 0. The highest BCUT2D eigenvalue weighted by atomic mass is 32.2. The van der Waals surface area contributed by atoms with Crippen molar-refractivity contribution >= 4 is 17.7 Å². The van der Waals surface area contributed by atoms with Gasteiger partial charge in [-0.25, -0.2) is 10.5 Å². The Kier molecular flexibility index (Phi) is 6.06. The lowest BCUT2D eigenvalue weighted by Gasteiger charge is -2.05. The van der Waals surface area contributed by atoms with Crippen LogP contribution in [0.1, 0.15) is 13.8 Å². The van der Waals surface area contributed by atoms with Crippen LogP contribution >= 0.6 is 11.8 Å². The molecule has 0 radical (unpaired) electrons. The molecule has 0 saturated carbocycles. The van der Waals surface area contributed by atoms with E-state index < -0.39 is 0 Å². The van der Waals surface area contributed by atoms with Gasteiger partial charge in [-0.2, -0.15) is 11.8 Å². The lowest BCUT2D eigenvalue weighted by atomic mass is 10.4. The smallest absolute Gasteiger partial charge is 0.213 e. The molecule has 66 valence electrons. The molecule has 0 aliphatic carbocycles. The first-order valence-electron chi connectivity index (χ1n) is 3.51. The summed E-state index contributed by atoms with van der Waals surface area (Å²) in [6.07, 6.45) is 0. The SMILES string of the molecule is CCSCC(C)N=C(N)NO. The average Bonchev–Trinajstić information content (AvgIpc) is 2.00. The number of thioether (sulfide) groups is 1. The Labute approximate surface area is 71.2 Å². The number of nitrogens with one attached hydrogen (secondary N) is 1. The minimum absolute atomic E-state index is 0.0780. The molecule has 5 heteroatoms. The minimum Gasteiger partial charge on any atom is -0.368 e. The fraction of sp³-hybridized carbons (Fsp3) is 0.833. The third-order valence-corrected chi connectivity index (χ3v) is 2.16. The van der Waals surface area contributed by atoms with Crippen LogP contribution in [0.15, 0.2) is 4.99 Å². The molecule has 0 aliphatic rings. The minimum atomic E-state index is 0.0780. The van der Waals surface area contributed by atoms with E-state index in [9.17, 15) is 0 Å². The zero-order chi connectivity index (χ0) is 8.69. The molecule has 0 fully saturated rings. The molecule has 0 aliphatic heterocycles. The third-order valence-electron chi connectivity index (χ3n) is 1.04. The van der Waals surface area contributed by atoms with Crippen molar-refractivity contribution in [1.29, 1.82) is 0 Å². The Morgan fingerprint density at radius 3 is 2.91 bits per heavy atom. The fourth-order valence-corrected chi connectivity index (χ4v) is 1.24. The Morgan fingerprint density at radius 1 is 1.82 bits per heavy atom. The van der Waals surface area contributed by atoms with Crippen LogP contribution in [-0.4, -0.2) is 28.7 Å². The summed E-state index contributed by atoms with van der Waals surface area (Å²) in [5.74, 6) is 2.08. The van der Waals surface area contributed by atoms with E-state index in [2.05, 4.69) is 11.9 Å². The van der Waals surface area contributed by atoms with Crippen molar-refractivity contribution in [1.82, 2.24) is 5.48 Å². The zero-order valence-electron chi connectivity index (χ0n) is 6.87. The van der Waals surface area contributed by atoms with Gasteiger partial charge in [-0.15, -0.1) is 0 Å². The summed E-state index contributed by atoms with van der Waals surface area (Å²) >= 11 is 1.80. The quantitative estimate of drug-likeness (QED) is 0.331. The predicted molar refractivity (Wildman–Crippen MR) is 49.0 cm³/mol. The Hall–Kier alpha value is -0.420. The molecule has 0 spiro atoms. The number of guanidine groups is 1. The average molecular weight is 177 g/mol. The summed E-state index contributed by atoms with van der Waals surface area (Å²) in [5.41, 5.74) is 7.02. The topological polar surface area (TPSA) is 70.6 Å². The maximum atomic E-state index is 8.30. The number of hydrogen-bond acceptors (Lipinski definition) is 3. The maximum absolute atomic E-state index is 8.30. The molecule has 4 N–H and O–H groups in total. The maximum Gasteiger partial charge on any atom is 0.213 e. The molecular formula is C6H15N3OS. The molecule has 0 bridgehead atoms. The lowest BCUT2D eigenvalue weighted by Crippen LogP contribution is -2.30. The number of nitrogens with two attached hydrogens (primary N) is 1. The van der Waals surface area contributed by atoms with Crippen molar-refractivity contribution in [3.63, 3.8) is 0 Å². The van der Waals surface area contributed by atoms with Crippen LogP contribution in [0.25, 0.3) is 0 Å². The molecule has 0 aromatic carbocycles. The van der Waals surface area contributed by atoms with Gasteiger partial charge in [-0.3, -0.25) is 5.21 Å². The van der Waals surface area contributed by atoms with Crippen molar-refractivity contribution in [2.24, 2.45) is 10.7 Å². The van der Waals surface area contributed by atoms with Gasteiger partial charge in [0, 0.05) is 5.75 Å². The monoisotopic (exact) mass is 177 g/mol. The second-order valence-corrected chi connectivity index (χ2v) is 3.45. The van der Waals surface area contributed by atoms with E-state index in [-0.39, 0.29) is 12.0 Å². The van der Waals surface area contributed by atoms with Gasteiger partial charge in [0.15, 0.2) is 0 Å². The predicted octanol–water partition coefficient (Wildman–Crippen LogP) is 0.421. The summed E-state index contributed by atoms with van der Waals surface area (Å²) in [5, 5.41) is 8.30. The van der Waals surface area contributed by atoms with E-state index >= 15 is 0 Å². The van der Waals surface area contributed by atoms with Crippen LogP contribution < -0.4 is 11.2 Å². The Balaban J connectivity index is 3.57. The van der Waals surface area contributed by atoms with Gasteiger partial charge in [-0.1, -0.05) is 6.92 Å². The van der Waals surface area contributed by atoms with Crippen LogP contribution in [-0.2, 0) is 0 Å². The van der Waals surface area contributed by atoms with E-state index in [0.717, 1.165) is 11.5 Å². The highest BCUT2D eigenvalue weighted by Crippen LogP contribution is 2.03.